The van der Waals surface area contributed by atoms with E-state index in [4.69, 9.17) is 11.6 Å². The van der Waals surface area contributed by atoms with Gasteiger partial charge < -0.3 is 4.74 Å². The van der Waals surface area contributed by atoms with Crippen LogP contribution in [0.3, 0.4) is 0 Å². The topological polar surface area (TPSA) is 21.6 Å². The summed E-state index contributed by atoms with van der Waals surface area (Å²) < 4.78 is 43.9. The van der Waals surface area contributed by atoms with Gasteiger partial charge in [0.15, 0.2) is 0 Å². The van der Waals surface area contributed by atoms with E-state index in [2.05, 4.69) is 4.99 Å². The summed E-state index contributed by atoms with van der Waals surface area (Å²) in [5.74, 6) is 0.0408. The Balaban J connectivity index is 2.49. The second-order valence-electron chi connectivity index (χ2n) is 2.86. The van der Waals surface area contributed by atoms with Crippen LogP contribution in [0.1, 0.15) is 6.85 Å². The number of nitrogens with zero attached hydrogens (tertiary/aromatic N) is 1. The summed E-state index contributed by atoms with van der Waals surface area (Å²) in [5.41, 5.74) is 0.263. The fourth-order valence-corrected chi connectivity index (χ4v) is 1.41. The lowest BCUT2D eigenvalue weighted by Crippen LogP contribution is -2.02. The van der Waals surface area contributed by atoms with E-state index in [0.717, 1.165) is 0 Å². The molecule has 0 amide bonds. The van der Waals surface area contributed by atoms with Gasteiger partial charge >= 0.3 is 0 Å². The number of hydrogen-bond donors (Lipinski definition) is 0. The fourth-order valence-electron chi connectivity index (χ4n) is 1.41. The van der Waals surface area contributed by atoms with Crippen LogP contribution in [0.4, 0.5) is 5.69 Å². The van der Waals surface area contributed by atoms with Crippen molar-refractivity contribution < 1.29 is 11.6 Å². The van der Waals surface area contributed by atoms with Gasteiger partial charge in [0, 0.05) is 11.6 Å². The molecule has 1 unspecified atom stereocenters. The quantitative estimate of drug-likeness (QED) is 0.623. The van der Waals surface area contributed by atoms with Gasteiger partial charge in [-0.2, -0.15) is 0 Å². The van der Waals surface area contributed by atoms with E-state index in [1.807, 2.05) is 0 Å². The second kappa shape index (κ2) is 2.84. The van der Waals surface area contributed by atoms with Crippen molar-refractivity contribution in [3.8, 4) is 5.75 Å². The van der Waals surface area contributed by atoms with Gasteiger partial charge in [0.25, 0.3) is 0 Å². The molecule has 0 saturated carbocycles. The maximum atomic E-state index is 7.94. The molecule has 0 aromatic heterocycles. The Morgan fingerprint density at radius 3 is 3.36 bits per heavy atom. The minimum Gasteiger partial charge on any atom is -0.486 e. The molecule has 0 N–H and O–H groups in total. The number of rotatable bonds is 0. The molecule has 1 atom stereocenters. The third kappa shape index (κ3) is 1.01. The monoisotopic (exact) mass is 188 g/mol. The zero-order valence-corrected chi connectivity index (χ0v) is 7.16. The lowest BCUT2D eigenvalue weighted by Gasteiger charge is -2.13. The molecule has 2 aromatic carbocycles. The molecule has 3 rings (SSSR count). The van der Waals surface area contributed by atoms with E-state index in [0.29, 0.717) is 10.8 Å². The van der Waals surface area contributed by atoms with Crippen molar-refractivity contribution in [1.29, 1.82) is 0 Å². The molecule has 2 heteroatoms. The Labute approximate surface area is 88.9 Å². The lowest BCUT2D eigenvalue weighted by molar-refractivity contribution is 0.377. The van der Waals surface area contributed by atoms with Crippen molar-refractivity contribution in [2.45, 2.75) is 0 Å². The van der Waals surface area contributed by atoms with E-state index < -0.39 is 6.58 Å². The maximum absolute atomic E-state index is 7.94. The molecule has 0 bridgehead atoms. The zero-order valence-electron chi connectivity index (χ0n) is 12.2. The number of ether oxygens (including phenoxy) is 1. The summed E-state index contributed by atoms with van der Waals surface area (Å²) in [6.07, 6.45) is -0.249. The number of fused-ring (bicyclic) bond motifs is 3. The van der Waals surface area contributed by atoms with Crippen LogP contribution in [0.5, 0.6) is 5.75 Å². The van der Waals surface area contributed by atoms with Gasteiger partial charge in [0.05, 0.1) is 6.85 Å². The van der Waals surface area contributed by atoms with Crippen LogP contribution in [0, 0.1) is 0 Å². The highest BCUT2D eigenvalue weighted by molar-refractivity contribution is 5.97. The molecule has 0 radical (unpaired) electrons. The Hall–Kier alpha value is -1.83. The van der Waals surface area contributed by atoms with E-state index >= 15 is 0 Å². The summed E-state index contributed by atoms with van der Waals surface area (Å²) in [6.45, 7) is -1.27. The first-order valence-electron chi connectivity index (χ1n) is 6.75. The van der Waals surface area contributed by atoms with Crippen molar-refractivity contribution in [1.82, 2.24) is 0 Å². The molecule has 1 aliphatic rings. The van der Waals surface area contributed by atoms with Gasteiger partial charge in [-0.3, -0.25) is 4.99 Å². The first kappa shape index (κ1) is 4.13. The molecular weight excluding hydrogens is 174 g/mol. The number of hydrogen-bond acceptors (Lipinski definition) is 2. The van der Waals surface area contributed by atoms with Crippen molar-refractivity contribution >= 4 is 22.7 Å². The van der Waals surface area contributed by atoms with Crippen LogP contribution in [0.25, 0.3) is 10.8 Å². The normalized spacial score (nSPS) is 24.7. The molecule has 14 heavy (non-hydrogen) atoms. The number of benzene rings is 2. The molecule has 1 heterocycles. The van der Waals surface area contributed by atoms with Gasteiger partial charge in [-0.1, -0.05) is 30.3 Å². The predicted molar refractivity (Wildman–Crippen MR) is 57.6 cm³/mol. The molecule has 68 valence electrons. The Bertz CT molecular complexity index is 728. The molecule has 0 fully saturated rings. The van der Waals surface area contributed by atoms with Crippen LogP contribution in [-0.4, -0.2) is 12.8 Å². The summed E-state index contributed by atoms with van der Waals surface area (Å²) in [5, 5.41) is 0.815. The third-order valence-electron chi connectivity index (χ3n) is 2.03. The minimum absolute atomic E-state index is 0.0408. The molecule has 1 aliphatic heterocycles. The zero-order chi connectivity index (χ0) is 13.7. The van der Waals surface area contributed by atoms with Crippen LogP contribution in [0.2, 0.25) is 0 Å². The van der Waals surface area contributed by atoms with Crippen LogP contribution in [-0.2, 0) is 0 Å². The van der Waals surface area contributed by atoms with E-state index in [1.165, 1.54) is 6.07 Å². The lowest BCUT2D eigenvalue weighted by atomic mass is 10.1. The van der Waals surface area contributed by atoms with Crippen molar-refractivity contribution in [2.24, 2.45) is 4.99 Å². The molecule has 2 nitrogen and oxygen atoms in total. The van der Waals surface area contributed by atoms with E-state index in [1.54, 1.807) is 12.1 Å². The molecule has 0 saturated heterocycles. The maximum Gasteiger partial charge on any atom is 0.146 e. The Morgan fingerprint density at radius 1 is 1.36 bits per heavy atom. The second-order valence-corrected chi connectivity index (χ2v) is 2.86. The highest BCUT2D eigenvalue weighted by atomic mass is 16.5. The Kier molecular flexibility index (Phi) is 0.838. The van der Waals surface area contributed by atoms with Gasteiger partial charge in [0.1, 0.15) is 18.0 Å². The predicted octanol–water partition coefficient (Wildman–Crippen LogP) is 2.93. The molecule has 0 aliphatic carbocycles. The van der Waals surface area contributed by atoms with Crippen LogP contribution in [0.15, 0.2) is 41.3 Å². The van der Waals surface area contributed by atoms with Gasteiger partial charge in [-0.05, 0) is 11.4 Å². The number of aliphatic imine (C=N–C) groups is 1. The largest absolute Gasteiger partial charge is 0.486 e. The first-order chi connectivity index (χ1) is 9.00. The van der Waals surface area contributed by atoms with E-state index in [-0.39, 0.29) is 35.8 Å². The van der Waals surface area contributed by atoms with Gasteiger partial charge in [-0.15, -0.1) is 0 Å². The van der Waals surface area contributed by atoms with Crippen molar-refractivity contribution in [2.75, 3.05) is 6.58 Å². The third-order valence-corrected chi connectivity index (χ3v) is 2.03. The summed E-state index contributed by atoms with van der Waals surface area (Å²) in [7, 11) is 0. The van der Waals surface area contributed by atoms with Crippen LogP contribution >= 0.6 is 0 Å². The first-order valence-corrected chi connectivity index (χ1v) is 4.17. The highest BCUT2D eigenvalue weighted by Crippen LogP contribution is 2.36. The standard InChI is InChI=1S/C12H9NO/c1-2-4-10-9(3-1)5-6-11-12(10)13-7-8-14-11/h1-7H,8H2/i3D,5D,6D,7D,8D. The molecule has 2 aromatic rings. The van der Waals surface area contributed by atoms with Crippen LogP contribution < -0.4 is 4.74 Å². The smallest absolute Gasteiger partial charge is 0.146 e. The summed E-state index contributed by atoms with van der Waals surface area (Å²) in [4.78, 5) is 3.98. The Morgan fingerprint density at radius 2 is 2.36 bits per heavy atom. The van der Waals surface area contributed by atoms with Gasteiger partial charge in [0.2, 0.25) is 0 Å². The average Bonchev–Trinajstić information content (AvgIpc) is 2.38. The molecule has 0 spiro atoms. The van der Waals surface area contributed by atoms with Crippen molar-refractivity contribution in [3.05, 3.63) is 36.3 Å². The SMILES string of the molecule is [2H]C1=Nc2c(c([2H])c([2H])c3c([2H])cccc23)OC1[2H]. The average molecular weight is 188 g/mol. The summed E-state index contributed by atoms with van der Waals surface area (Å²) >= 11 is 0. The van der Waals surface area contributed by atoms with Crippen molar-refractivity contribution in [3.63, 3.8) is 0 Å². The summed E-state index contributed by atoms with van der Waals surface area (Å²) in [6, 6.07) is 4.68. The van der Waals surface area contributed by atoms with Gasteiger partial charge in [-0.25, -0.2) is 0 Å². The molecular formula is C12H9NO. The highest BCUT2D eigenvalue weighted by Gasteiger charge is 2.09. The van der Waals surface area contributed by atoms with E-state index in [9.17, 15) is 0 Å². The fraction of sp³-hybridized carbons (Fsp3) is 0.0833. The minimum atomic E-state index is -1.27.